The first-order valence-electron chi connectivity index (χ1n) is 7.55. The second-order valence-electron chi connectivity index (χ2n) is 4.78. The van der Waals surface area contributed by atoms with Gasteiger partial charge in [0.2, 0.25) is 0 Å². The molecule has 30 heavy (non-hydrogen) atoms. The molecule has 0 aliphatic rings. The highest BCUT2D eigenvalue weighted by Gasteiger charge is 2.08. The standard InChI is InChI=1S/2C6H5FO3S.C6H6O2/c2*7-5-1-3-6(4-2-5)11(8,9)10;7-5-3-1-2-4-6-8/h2*1-4H,(H,8,9,10);7-8H,5-6H2. The van der Waals surface area contributed by atoms with Crippen molar-refractivity contribution < 1.29 is 44.9 Å². The Labute approximate surface area is 172 Å². The zero-order valence-corrected chi connectivity index (χ0v) is 16.7. The maximum atomic E-state index is 12.2. The molecule has 0 aliphatic carbocycles. The Kier molecular flexibility index (Phi) is 12.1. The number of aliphatic hydroxyl groups excluding tert-OH is 2. The minimum Gasteiger partial charge on any atom is -0.384 e. The van der Waals surface area contributed by atoms with E-state index in [1.54, 1.807) is 0 Å². The summed E-state index contributed by atoms with van der Waals surface area (Å²) in [6.45, 7) is -0.361. The maximum Gasteiger partial charge on any atom is 0.294 e. The number of hydrogen-bond donors (Lipinski definition) is 4. The zero-order chi connectivity index (χ0) is 23.2. The molecule has 0 radical (unpaired) electrons. The van der Waals surface area contributed by atoms with Crippen molar-refractivity contribution in [3.63, 3.8) is 0 Å². The molecule has 2 aromatic rings. The van der Waals surface area contributed by atoms with Gasteiger partial charge in [-0.3, -0.25) is 9.11 Å². The molecule has 0 bridgehead atoms. The second kappa shape index (κ2) is 13.4. The van der Waals surface area contributed by atoms with Crippen LogP contribution in [0.2, 0.25) is 0 Å². The second-order valence-corrected chi connectivity index (χ2v) is 7.62. The van der Waals surface area contributed by atoms with Crippen LogP contribution in [0.25, 0.3) is 0 Å². The van der Waals surface area contributed by atoms with Gasteiger partial charge >= 0.3 is 0 Å². The lowest BCUT2D eigenvalue weighted by molar-refractivity contribution is 0.350. The Hall–Kier alpha value is -2.84. The van der Waals surface area contributed by atoms with Crippen LogP contribution in [0.5, 0.6) is 0 Å². The van der Waals surface area contributed by atoms with Crippen molar-refractivity contribution in [3.8, 4) is 23.7 Å². The normalized spacial score (nSPS) is 9.93. The van der Waals surface area contributed by atoms with Gasteiger partial charge in [0.15, 0.2) is 0 Å². The Morgan fingerprint density at radius 3 is 1.10 bits per heavy atom. The van der Waals surface area contributed by atoms with Gasteiger partial charge in [0.1, 0.15) is 24.8 Å². The van der Waals surface area contributed by atoms with Gasteiger partial charge in [-0.25, -0.2) is 8.78 Å². The van der Waals surface area contributed by atoms with Crippen molar-refractivity contribution in [2.45, 2.75) is 9.79 Å². The lowest BCUT2D eigenvalue weighted by atomic mass is 10.4. The Morgan fingerprint density at radius 1 is 0.633 bits per heavy atom. The molecule has 0 saturated heterocycles. The van der Waals surface area contributed by atoms with E-state index in [9.17, 15) is 25.6 Å². The van der Waals surface area contributed by atoms with Crippen molar-refractivity contribution in [1.29, 1.82) is 0 Å². The monoisotopic (exact) mass is 462 g/mol. The van der Waals surface area contributed by atoms with Gasteiger partial charge in [-0.15, -0.1) is 0 Å². The third kappa shape index (κ3) is 12.6. The molecular weight excluding hydrogens is 446 g/mol. The molecule has 0 aliphatic heterocycles. The minimum absolute atomic E-state index is 0.180. The molecule has 2 rings (SSSR count). The van der Waals surface area contributed by atoms with Crippen LogP contribution >= 0.6 is 0 Å². The summed E-state index contributed by atoms with van der Waals surface area (Å²) in [6.07, 6.45) is 0. The first-order chi connectivity index (χ1) is 13.9. The van der Waals surface area contributed by atoms with Crippen LogP contribution < -0.4 is 0 Å². The van der Waals surface area contributed by atoms with E-state index in [0.29, 0.717) is 0 Å². The molecule has 12 heteroatoms. The molecule has 0 heterocycles. The summed E-state index contributed by atoms with van der Waals surface area (Å²) in [5, 5.41) is 16.1. The van der Waals surface area contributed by atoms with Gasteiger partial charge in [0.05, 0.1) is 9.79 Å². The number of benzene rings is 2. The van der Waals surface area contributed by atoms with Crippen LogP contribution in [-0.4, -0.2) is 49.4 Å². The van der Waals surface area contributed by atoms with Crippen LogP contribution in [0.4, 0.5) is 8.78 Å². The van der Waals surface area contributed by atoms with Crippen LogP contribution in [0, 0.1) is 35.3 Å². The van der Waals surface area contributed by atoms with E-state index < -0.39 is 31.9 Å². The summed E-state index contributed by atoms with van der Waals surface area (Å²) in [5.41, 5.74) is 0. The molecule has 0 amide bonds. The van der Waals surface area contributed by atoms with E-state index >= 15 is 0 Å². The molecule has 4 N–H and O–H groups in total. The quantitative estimate of drug-likeness (QED) is 0.383. The summed E-state index contributed by atoms with van der Waals surface area (Å²) in [5.74, 6) is 8.15. The molecule has 162 valence electrons. The average molecular weight is 462 g/mol. The summed E-state index contributed by atoms with van der Waals surface area (Å²) >= 11 is 0. The van der Waals surface area contributed by atoms with Gasteiger partial charge in [0.25, 0.3) is 20.2 Å². The molecule has 0 unspecified atom stereocenters. The highest BCUT2D eigenvalue weighted by Crippen LogP contribution is 2.09. The lowest BCUT2D eigenvalue weighted by Crippen LogP contribution is -1.97. The minimum atomic E-state index is -4.19. The number of halogens is 2. The van der Waals surface area contributed by atoms with E-state index in [0.717, 1.165) is 48.5 Å². The van der Waals surface area contributed by atoms with Gasteiger partial charge < -0.3 is 10.2 Å². The van der Waals surface area contributed by atoms with E-state index in [-0.39, 0.29) is 23.0 Å². The summed E-state index contributed by atoms with van der Waals surface area (Å²) in [7, 11) is -8.37. The van der Waals surface area contributed by atoms with Crippen LogP contribution in [0.3, 0.4) is 0 Å². The Bertz CT molecular complexity index is 1030. The molecule has 0 spiro atoms. The fraction of sp³-hybridized carbons (Fsp3) is 0.111. The molecule has 0 atom stereocenters. The van der Waals surface area contributed by atoms with Gasteiger partial charge in [-0.05, 0) is 60.4 Å². The first-order valence-corrected chi connectivity index (χ1v) is 10.4. The van der Waals surface area contributed by atoms with Gasteiger partial charge in [-0.1, -0.05) is 11.8 Å². The largest absolute Gasteiger partial charge is 0.384 e. The van der Waals surface area contributed by atoms with Crippen molar-refractivity contribution >= 4 is 20.2 Å². The fourth-order valence-electron chi connectivity index (χ4n) is 1.38. The molecule has 0 fully saturated rings. The predicted octanol–water partition coefficient (Wildman–Crippen LogP) is 1.12. The number of rotatable bonds is 2. The van der Waals surface area contributed by atoms with E-state index in [1.807, 2.05) is 0 Å². The van der Waals surface area contributed by atoms with Crippen molar-refractivity contribution in [1.82, 2.24) is 0 Å². The summed E-state index contributed by atoms with van der Waals surface area (Å²) in [6, 6.07) is 7.81. The number of aliphatic hydroxyl groups is 2. The topological polar surface area (TPSA) is 149 Å². The van der Waals surface area contributed by atoms with Gasteiger partial charge in [0, 0.05) is 0 Å². The third-order valence-corrected chi connectivity index (χ3v) is 4.36. The molecular formula is C18H16F2O8S2. The van der Waals surface area contributed by atoms with E-state index in [4.69, 9.17) is 19.3 Å². The highest BCUT2D eigenvalue weighted by molar-refractivity contribution is 7.86. The van der Waals surface area contributed by atoms with Crippen LogP contribution in [0.15, 0.2) is 58.3 Å². The predicted molar refractivity (Wildman–Crippen MR) is 102 cm³/mol. The molecule has 0 saturated carbocycles. The summed E-state index contributed by atoms with van der Waals surface area (Å²) < 4.78 is 82.8. The lowest BCUT2D eigenvalue weighted by Gasteiger charge is -1.93. The maximum absolute atomic E-state index is 12.2. The van der Waals surface area contributed by atoms with Crippen molar-refractivity contribution in [2.24, 2.45) is 0 Å². The van der Waals surface area contributed by atoms with Gasteiger partial charge in [-0.2, -0.15) is 16.8 Å². The SMILES string of the molecule is O=S(=O)(O)c1ccc(F)cc1.O=S(=O)(O)c1ccc(F)cc1.OCC#CC#CCO. The van der Waals surface area contributed by atoms with Crippen LogP contribution in [0.1, 0.15) is 0 Å². The first kappa shape index (κ1) is 27.2. The smallest absolute Gasteiger partial charge is 0.294 e. The van der Waals surface area contributed by atoms with E-state index in [2.05, 4.69) is 23.7 Å². The highest BCUT2D eigenvalue weighted by atomic mass is 32.2. The fourth-order valence-corrected chi connectivity index (χ4v) is 2.34. The third-order valence-electron chi connectivity index (χ3n) is 2.62. The Morgan fingerprint density at radius 2 is 0.900 bits per heavy atom. The average Bonchev–Trinajstić information content (AvgIpc) is 2.66. The molecule has 8 nitrogen and oxygen atoms in total. The summed E-state index contributed by atoms with van der Waals surface area (Å²) in [4.78, 5) is -0.613. The Balaban J connectivity index is 0.000000428. The molecule has 2 aromatic carbocycles. The van der Waals surface area contributed by atoms with Crippen molar-refractivity contribution in [3.05, 3.63) is 60.2 Å². The number of hydrogen-bond acceptors (Lipinski definition) is 6. The van der Waals surface area contributed by atoms with Crippen molar-refractivity contribution in [2.75, 3.05) is 13.2 Å². The van der Waals surface area contributed by atoms with E-state index in [1.165, 1.54) is 0 Å². The van der Waals surface area contributed by atoms with Crippen LogP contribution in [-0.2, 0) is 20.2 Å². The molecule has 0 aromatic heterocycles. The zero-order valence-electron chi connectivity index (χ0n) is 15.0.